The lowest BCUT2D eigenvalue weighted by Gasteiger charge is -2.24. The molecule has 0 saturated heterocycles. The smallest absolute Gasteiger partial charge is 0.177 e. The molecular formula is C25H26N6. The van der Waals surface area contributed by atoms with E-state index in [9.17, 15) is 0 Å². The number of nitrogens with zero attached hydrogens (tertiary/aromatic N) is 3. The first-order chi connectivity index (χ1) is 15.1. The molecule has 0 aliphatic heterocycles. The number of imidazole rings is 1. The fraction of sp³-hybridized carbons (Fsp3) is 0.280. The van der Waals surface area contributed by atoms with Crippen LogP contribution in [-0.2, 0) is 6.42 Å². The van der Waals surface area contributed by atoms with Gasteiger partial charge in [-0.15, -0.1) is 5.10 Å². The number of aromatic nitrogens is 3. The van der Waals surface area contributed by atoms with Gasteiger partial charge < -0.3 is 16.8 Å². The molecule has 156 valence electrons. The molecule has 0 spiro atoms. The van der Waals surface area contributed by atoms with Gasteiger partial charge in [0.2, 0.25) is 0 Å². The second-order valence-electron chi connectivity index (χ2n) is 8.86. The van der Waals surface area contributed by atoms with Crippen molar-refractivity contribution < 1.29 is 0 Å². The average molecular weight is 411 g/mol. The molecule has 0 atom stereocenters. The zero-order valence-corrected chi connectivity index (χ0v) is 17.4. The Hall–Kier alpha value is -3.38. The maximum absolute atomic E-state index is 6.12. The average Bonchev–Trinajstić information content (AvgIpc) is 3.35. The minimum absolute atomic E-state index is 0.324. The van der Waals surface area contributed by atoms with Gasteiger partial charge in [-0.1, -0.05) is 30.3 Å². The zero-order valence-electron chi connectivity index (χ0n) is 17.4. The highest BCUT2D eigenvalue weighted by Crippen LogP contribution is 2.38. The summed E-state index contributed by atoms with van der Waals surface area (Å²) in [6.07, 6.45) is 7.25. The van der Waals surface area contributed by atoms with Crippen molar-refractivity contribution in [1.29, 1.82) is 0 Å². The summed E-state index contributed by atoms with van der Waals surface area (Å²) < 4.78 is 1.81. The van der Waals surface area contributed by atoms with E-state index in [0.29, 0.717) is 17.8 Å². The summed E-state index contributed by atoms with van der Waals surface area (Å²) >= 11 is 0. The number of hydrogen-bond donors (Lipinski definition) is 3. The van der Waals surface area contributed by atoms with E-state index in [1.807, 2.05) is 16.8 Å². The molecule has 0 radical (unpaired) electrons. The number of benzene rings is 2. The first kappa shape index (κ1) is 18.4. The fourth-order valence-electron chi connectivity index (χ4n) is 5.10. The molecule has 0 amide bonds. The number of rotatable bonds is 3. The van der Waals surface area contributed by atoms with E-state index in [2.05, 4.69) is 52.9 Å². The quantitative estimate of drug-likeness (QED) is 0.404. The Morgan fingerprint density at radius 2 is 1.74 bits per heavy atom. The van der Waals surface area contributed by atoms with E-state index >= 15 is 0 Å². The van der Waals surface area contributed by atoms with Gasteiger partial charge in [0.15, 0.2) is 5.65 Å². The maximum atomic E-state index is 6.12. The Balaban J connectivity index is 1.33. The van der Waals surface area contributed by atoms with Crippen molar-refractivity contribution in [1.82, 2.24) is 14.6 Å². The summed E-state index contributed by atoms with van der Waals surface area (Å²) in [6, 6.07) is 17.4. The Kier molecular flexibility index (Phi) is 4.21. The summed E-state index contributed by atoms with van der Waals surface area (Å²) in [6.45, 7) is 0. The molecule has 0 bridgehead atoms. The lowest BCUT2D eigenvalue weighted by Crippen LogP contribution is -2.25. The monoisotopic (exact) mass is 410 g/mol. The Morgan fingerprint density at radius 1 is 0.935 bits per heavy atom. The number of nitrogen functional groups attached to an aromatic ring is 1. The van der Waals surface area contributed by atoms with Crippen molar-refractivity contribution in [2.24, 2.45) is 5.73 Å². The molecule has 2 aromatic carbocycles. The second-order valence-corrected chi connectivity index (χ2v) is 8.86. The number of nitrogens with two attached hydrogens (primary N) is 2. The summed E-state index contributed by atoms with van der Waals surface area (Å²) in [5, 5.41) is 8.00. The van der Waals surface area contributed by atoms with Gasteiger partial charge in [0.25, 0.3) is 0 Å². The second kappa shape index (κ2) is 7.10. The third-order valence-corrected chi connectivity index (χ3v) is 6.73. The number of anilines is 3. The molecule has 6 heteroatoms. The molecule has 1 saturated carbocycles. The summed E-state index contributed by atoms with van der Waals surface area (Å²) in [5.41, 5.74) is 21.4. The van der Waals surface area contributed by atoms with Crippen LogP contribution in [-0.4, -0.2) is 20.6 Å². The highest BCUT2D eigenvalue weighted by Gasteiger charge is 2.23. The largest absolute Gasteiger partial charge is 0.382 e. The maximum Gasteiger partial charge on any atom is 0.177 e. The van der Waals surface area contributed by atoms with Gasteiger partial charge in [0.1, 0.15) is 5.82 Å². The van der Waals surface area contributed by atoms with Crippen LogP contribution in [0.15, 0.2) is 54.7 Å². The first-order valence-corrected chi connectivity index (χ1v) is 11.0. The van der Waals surface area contributed by atoms with Crippen LogP contribution in [0.5, 0.6) is 0 Å². The molecule has 2 heterocycles. The van der Waals surface area contributed by atoms with Gasteiger partial charge in [0, 0.05) is 23.7 Å². The predicted octanol–water partition coefficient (Wildman–Crippen LogP) is 4.61. The number of hydrogen-bond acceptors (Lipinski definition) is 5. The van der Waals surface area contributed by atoms with Gasteiger partial charge in [-0.3, -0.25) is 0 Å². The molecule has 2 aromatic heterocycles. The van der Waals surface area contributed by atoms with Gasteiger partial charge in [-0.2, -0.15) is 0 Å². The van der Waals surface area contributed by atoms with Crippen LogP contribution in [0.3, 0.4) is 0 Å². The summed E-state index contributed by atoms with van der Waals surface area (Å²) in [5.74, 6) is 0.909. The molecule has 31 heavy (non-hydrogen) atoms. The summed E-state index contributed by atoms with van der Waals surface area (Å²) in [7, 11) is 0. The van der Waals surface area contributed by atoms with Crippen LogP contribution in [0, 0.1) is 0 Å². The molecule has 2 aliphatic rings. The van der Waals surface area contributed by atoms with Crippen molar-refractivity contribution >= 4 is 22.8 Å². The summed E-state index contributed by atoms with van der Waals surface area (Å²) in [4.78, 5) is 4.95. The van der Waals surface area contributed by atoms with Crippen LogP contribution in [0.4, 0.5) is 17.2 Å². The topological polar surface area (TPSA) is 94.3 Å². The van der Waals surface area contributed by atoms with Crippen LogP contribution >= 0.6 is 0 Å². The van der Waals surface area contributed by atoms with E-state index in [1.54, 1.807) is 0 Å². The SMILES string of the molecule is Nc1cc(Nc2ccc3c(c2)Cc2ccccc2-3)c2nc(C3CCC(N)CC3)cn2n1. The molecule has 2 aliphatic carbocycles. The number of fused-ring (bicyclic) bond motifs is 4. The van der Waals surface area contributed by atoms with Crippen molar-refractivity contribution in [2.45, 2.75) is 44.1 Å². The van der Waals surface area contributed by atoms with Crippen LogP contribution in [0.25, 0.3) is 16.8 Å². The molecule has 6 rings (SSSR count). The van der Waals surface area contributed by atoms with Gasteiger partial charge in [-0.25, -0.2) is 9.50 Å². The van der Waals surface area contributed by atoms with Crippen LogP contribution in [0.2, 0.25) is 0 Å². The van der Waals surface area contributed by atoms with E-state index < -0.39 is 0 Å². The molecule has 4 aromatic rings. The van der Waals surface area contributed by atoms with E-state index in [-0.39, 0.29) is 0 Å². The highest BCUT2D eigenvalue weighted by molar-refractivity contribution is 5.81. The highest BCUT2D eigenvalue weighted by atomic mass is 15.3. The van der Waals surface area contributed by atoms with Crippen molar-refractivity contribution in [3.8, 4) is 11.1 Å². The van der Waals surface area contributed by atoms with Crippen molar-refractivity contribution in [3.63, 3.8) is 0 Å². The van der Waals surface area contributed by atoms with E-state index in [4.69, 9.17) is 16.5 Å². The number of nitrogens with one attached hydrogen (secondary N) is 1. The zero-order chi connectivity index (χ0) is 20.9. The molecule has 5 N–H and O–H groups in total. The first-order valence-electron chi connectivity index (χ1n) is 11.0. The molecule has 0 unspecified atom stereocenters. The molecule has 6 nitrogen and oxygen atoms in total. The fourth-order valence-corrected chi connectivity index (χ4v) is 5.10. The van der Waals surface area contributed by atoms with Crippen molar-refractivity contribution in [2.75, 3.05) is 11.1 Å². The minimum Gasteiger partial charge on any atom is -0.382 e. The van der Waals surface area contributed by atoms with Gasteiger partial charge in [0.05, 0.1) is 17.6 Å². The Morgan fingerprint density at radius 3 is 2.61 bits per heavy atom. The molecular weight excluding hydrogens is 384 g/mol. The third kappa shape index (κ3) is 3.24. The Bertz CT molecular complexity index is 1280. The normalized spacial score (nSPS) is 19.9. The Labute approximate surface area is 181 Å². The van der Waals surface area contributed by atoms with Gasteiger partial charge in [-0.05, 0) is 66.5 Å². The minimum atomic E-state index is 0.324. The van der Waals surface area contributed by atoms with Crippen LogP contribution in [0.1, 0.15) is 48.4 Å². The van der Waals surface area contributed by atoms with E-state index in [1.165, 1.54) is 22.3 Å². The molecule has 1 fully saturated rings. The lowest BCUT2D eigenvalue weighted by atomic mass is 9.85. The lowest BCUT2D eigenvalue weighted by molar-refractivity contribution is 0.391. The standard InChI is InChI=1S/C25H26N6/c26-18-7-5-15(6-8-18)23-14-31-25(29-23)22(13-24(27)30-31)28-19-9-10-21-17(12-19)11-16-3-1-2-4-20(16)21/h1-4,9-10,12-15,18,28H,5-8,11,26H2,(H2,27,30). The van der Waals surface area contributed by atoms with Crippen LogP contribution < -0.4 is 16.8 Å². The van der Waals surface area contributed by atoms with E-state index in [0.717, 1.165) is 54.8 Å². The van der Waals surface area contributed by atoms with Gasteiger partial charge >= 0.3 is 0 Å². The third-order valence-electron chi connectivity index (χ3n) is 6.73. The predicted molar refractivity (Wildman–Crippen MR) is 125 cm³/mol. The van der Waals surface area contributed by atoms with Crippen molar-refractivity contribution in [3.05, 3.63) is 71.5 Å².